The lowest BCUT2D eigenvalue weighted by Crippen LogP contribution is -2.26. The molecule has 2 saturated carbocycles. The van der Waals surface area contributed by atoms with Crippen LogP contribution in [-0.4, -0.2) is 19.5 Å². The first-order valence-electron chi connectivity index (χ1n) is 10.9. The number of ether oxygens (including phenoxy) is 2. The van der Waals surface area contributed by atoms with Crippen molar-refractivity contribution >= 4 is 11.6 Å². The zero-order valence-electron chi connectivity index (χ0n) is 16.2. The topological polar surface area (TPSA) is 18.5 Å². The summed E-state index contributed by atoms with van der Waals surface area (Å²) < 4.78 is 24.9. The van der Waals surface area contributed by atoms with Crippen molar-refractivity contribution in [3.63, 3.8) is 0 Å². The Balaban J connectivity index is 1.19. The number of benzene rings is 1. The van der Waals surface area contributed by atoms with Gasteiger partial charge in [0.2, 0.25) is 0 Å². The summed E-state index contributed by atoms with van der Waals surface area (Å²) in [6.45, 7) is 1.53. The molecule has 1 heterocycles. The maximum absolute atomic E-state index is 13.8. The molecule has 1 saturated heterocycles. The lowest BCUT2D eigenvalue weighted by molar-refractivity contribution is -0.0514. The van der Waals surface area contributed by atoms with E-state index in [2.05, 4.69) is 0 Å². The summed E-state index contributed by atoms with van der Waals surface area (Å²) in [5.41, 5.74) is 1.13. The Morgan fingerprint density at radius 2 is 1.48 bits per heavy atom. The van der Waals surface area contributed by atoms with Gasteiger partial charge in [0.15, 0.2) is 6.29 Å². The maximum atomic E-state index is 13.8. The minimum atomic E-state index is -0.275. The van der Waals surface area contributed by atoms with Crippen LogP contribution in [0.25, 0.3) is 0 Å². The molecule has 2 nitrogen and oxygen atoms in total. The molecule has 4 heteroatoms. The zero-order valence-corrected chi connectivity index (χ0v) is 16.9. The Kier molecular flexibility index (Phi) is 6.73. The third-order valence-electron chi connectivity index (χ3n) is 7.25. The largest absolute Gasteiger partial charge is 0.350 e. The Hall–Kier alpha value is -0.640. The van der Waals surface area contributed by atoms with Gasteiger partial charge in [-0.3, -0.25) is 0 Å². The van der Waals surface area contributed by atoms with Gasteiger partial charge in [-0.15, -0.1) is 0 Å². The molecule has 0 spiro atoms. The molecular formula is C23H32ClFO2. The molecule has 0 radical (unpaired) electrons. The highest BCUT2D eigenvalue weighted by molar-refractivity contribution is 6.30. The van der Waals surface area contributed by atoms with Crippen LogP contribution in [0, 0.1) is 23.6 Å². The van der Waals surface area contributed by atoms with Crippen LogP contribution >= 0.6 is 11.6 Å². The average molecular weight is 395 g/mol. The molecule has 0 unspecified atom stereocenters. The summed E-state index contributed by atoms with van der Waals surface area (Å²) in [5.74, 6) is 2.88. The normalized spacial score (nSPS) is 32.7. The molecule has 150 valence electrons. The number of halogens is 2. The summed E-state index contributed by atoms with van der Waals surface area (Å²) in [4.78, 5) is 0. The second kappa shape index (κ2) is 9.24. The van der Waals surface area contributed by atoms with Crippen LogP contribution in [0.3, 0.4) is 0 Å². The zero-order chi connectivity index (χ0) is 18.6. The quantitative estimate of drug-likeness (QED) is 0.552. The Bertz CT molecular complexity index is 600. The van der Waals surface area contributed by atoms with Gasteiger partial charge in [0.1, 0.15) is 5.82 Å². The molecule has 0 N–H and O–H groups in total. The molecule has 3 aliphatic rings. The first-order valence-corrected chi connectivity index (χ1v) is 11.2. The van der Waals surface area contributed by atoms with E-state index in [9.17, 15) is 4.39 Å². The molecule has 1 aromatic rings. The van der Waals surface area contributed by atoms with E-state index in [-0.39, 0.29) is 17.1 Å². The third kappa shape index (κ3) is 5.05. The van der Waals surface area contributed by atoms with Crippen LogP contribution in [0.4, 0.5) is 4.39 Å². The second-order valence-electron chi connectivity index (χ2n) is 8.81. The van der Waals surface area contributed by atoms with Crippen molar-refractivity contribution < 1.29 is 13.9 Å². The van der Waals surface area contributed by atoms with Crippen LogP contribution in [0.1, 0.15) is 75.7 Å². The Labute approximate surface area is 167 Å². The summed E-state index contributed by atoms with van der Waals surface area (Å²) in [6, 6.07) is 5.37. The molecule has 3 fully saturated rings. The van der Waals surface area contributed by atoms with Crippen LogP contribution < -0.4 is 0 Å². The first kappa shape index (κ1) is 19.7. The van der Waals surface area contributed by atoms with Crippen molar-refractivity contribution in [1.29, 1.82) is 0 Å². The predicted molar refractivity (Wildman–Crippen MR) is 106 cm³/mol. The lowest BCUT2D eigenvalue weighted by atomic mass is 9.68. The summed E-state index contributed by atoms with van der Waals surface area (Å²) in [6.07, 6.45) is 12.9. The van der Waals surface area contributed by atoms with E-state index in [4.69, 9.17) is 21.1 Å². The second-order valence-corrected chi connectivity index (χ2v) is 9.22. The standard InChI is InChI=1S/C23H32ClFO2/c24-21-11-10-20(15-22(21)25)19-8-6-18(7-9-19)17-4-1-16(2-5-17)3-12-23-26-13-14-27-23/h10-11,15-19,23H,1-9,12-14H2/t16-,17-,18-,19-. The van der Waals surface area contributed by atoms with Crippen molar-refractivity contribution in [3.05, 3.63) is 34.6 Å². The van der Waals surface area contributed by atoms with E-state index in [1.807, 2.05) is 6.07 Å². The Morgan fingerprint density at radius 3 is 2.11 bits per heavy atom. The molecule has 27 heavy (non-hydrogen) atoms. The number of hydrogen-bond acceptors (Lipinski definition) is 2. The van der Waals surface area contributed by atoms with Crippen LogP contribution in [0.2, 0.25) is 5.02 Å². The van der Waals surface area contributed by atoms with Crippen molar-refractivity contribution in [3.8, 4) is 0 Å². The van der Waals surface area contributed by atoms with Gasteiger partial charge in [-0.05, 0) is 92.7 Å². The molecule has 1 aliphatic heterocycles. The van der Waals surface area contributed by atoms with E-state index in [1.54, 1.807) is 12.1 Å². The molecule has 0 amide bonds. The molecule has 4 rings (SSSR count). The van der Waals surface area contributed by atoms with Gasteiger partial charge in [0.25, 0.3) is 0 Å². The molecule has 2 aliphatic carbocycles. The van der Waals surface area contributed by atoms with Gasteiger partial charge in [0.05, 0.1) is 18.2 Å². The van der Waals surface area contributed by atoms with Crippen LogP contribution in [-0.2, 0) is 9.47 Å². The SMILES string of the molecule is Fc1cc([C@H]2CC[C@H]([C@H]3CC[C@H](CCC4OCCO4)CC3)CC2)ccc1Cl. The average Bonchev–Trinajstić information content (AvgIpc) is 3.23. The highest BCUT2D eigenvalue weighted by atomic mass is 35.5. The van der Waals surface area contributed by atoms with Gasteiger partial charge in [-0.1, -0.05) is 30.5 Å². The van der Waals surface area contributed by atoms with E-state index < -0.39 is 0 Å². The molecule has 0 bridgehead atoms. The summed E-state index contributed by atoms with van der Waals surface area (Å²) in [5, 5.41) is 0.232. The number of rotatable bonds is 5. The summed E-state index contributed by atoms with van der Waals surface area (Å²) >= 11 is 5.83. The van der Waals surface area contributed by atoms with Gasteiger partial charge >= 0.3 is 0 Å². The van der Waals surface area contributed by atoms with Crippen molar-refractivity contribution in [2.45, 2.75) is 76.4 Å². The smallest absolute Gasteiger partial charge is 0.157 e. The van der Waals surface area contributed by atoms with E-state index in [0.717, 1.165) is 43.0 Å². The van der Waals surface area contributed by atoms with Gasteiger partial charge in [-0.25, -0.2) is 4.39 Å². The van der Waals surface area contributed by atoms with E-state index >= 15 is 0 Å². The van der Waals surface area contributed by atoms with Gasteiger partial charge < -0.3 is 9.47 Å². The summed E-state index contributed by atoms with van der Waals surface area (Å²) in [7, 11) is 0. The number of hydrogen-bond donors (Lipinski definition) is 0. The molecule has 0 aromatic heterocycles. The van der Waals surface area contributed by atoms with Gasteiger partial charge in [0, 0.05) is 0 Å². The Morgan fingerprint density at radius 1 is 0.852 bits per heavy atom. The predicted octanol–water partition coefficient (Wildman–Crippen LogP) is 6.71. The highest BCUT2D eigenvalue weighted by Gasteiger charge is 2.31. The monoisotopic (exact) mass is 394 g/mol. The lowest BCUT2D eigenvalue weighted by Gasteiger charge is -2.38. The van der Waals surface area contributed by atoms with E-state index in [0.29, 0.717) is 5.92 Å². The van der Waals surface area contributed by atoms with Crippen LogP contribution in [0.5, 0.6) is 0 Å². The minimum absolute atomic E-state index is 0.0655. The third-order valence-corrected chi connectivity index (χ3v) is 7.55. The van der Waals surface area contributed by atoms with Crippen molar-refractivity contribution in [1.82, 2.24) is 0 Å². The fraction of sp³-hybridized carbons (Fsp3) is 0.739. The van der Waals surface area contributed by atoms with Crippen molar-refractivity contribution in [2.24, 2.45) is 17.8 Å². The fourth-order valence-corrected chi connectivity index (χ4v) is 5.70. The fourth-order valence-electron chi connectivity index (χ4n) is 5.58. The molecule has 1 aromatic carbocycles. The maximum Gasteiger partial charge on any atom is 0.157 e. The first-order chi connectivity index (χ1) is 13.2. The van der Waals surface area contributed by atoms with Gasteiger partial charge in [-0.2, -0.15) is 0 Å². The van der Waals surface area contributed by atoms with Crippen molar-refractivity contribution in [2.75, 3.05) is 13.2 Å². The molecule has 0 atom stereocenters. The highest BCUT2D eigenvalue weighted by Crippen LogP contribution is 2.44. The van der Waals surface area contributed by atoms with Crippen LogP contribution in [0.15, 0.2) is 18.2 Å². The van der Waals surface area contributed by atoms with E-state index in [1.165, 1.54) is 57.8 Å². The minimum Gasteiger partial charge on any atom is -0.350 e. The molecular weight excluding hydrogens is 363 g/mol.